The third kappa shape index (κ3) is 4.11. The SMILES string of the molecule is Cc1nnc(NC(=O)C2(NC(=O)OC(C)(C)C)CC2C2CCCC2)s1. The van der Waals surface area contributed by atoms with Crippen LogP contribution in [0, 0.1) is 18.8 Å². The van der Waals surface area contributed by atoms with E-state index in [0.29, 0.717) is 17.5 Å². The number of nitrogens with one attached hydrogen (secondary N) is 2. The van der Waals surface area contributed by atoms with Crippen molar-refractivity contribution in [3.63, 3.8) is 0 Å². The van der Waals surface area contributed by atoms with E-state index in [2.05, 4.69) is 20.8 Å². The number of amides is 2. The fourth-order valence-electron chi connectivity index (χ4n) is 3.72. The quantitative estimate of drug-likeness (QED) is 0.853. The second kappa shape index (κ2) is 6.55. The van der Waals surface area contributed by atoms with Crippen LogP contribution in [0.2, 0.25) is 0 Å². The summed E-state index contributed by atoms with van der Waals surface area (Å²) in [6.45, 7) is 7.26. The lowest BCUT2D eigenvalue weighted by Crippen LogP contribution is -2.50. The number of aromatic nitrogens is 2. The first kappa shape index (κ1) is 18.1. The predicted octanol–water partition coefficient (Wildman–Crippen LogP) is 3.26. The number of anilines is 1. The van der Waals surface area contributed by atoms with Gasteiger partial charge in [-0.25, -0.2) is 4.79 Å². The molecule has 2 fully saturated rings. The third-order valence-electron chi connectivity index (χ3n) is 4.86. The Labute approximate surface area is 151 Å². The molecule has 7 nitrogen and oxygen atoms in total. The number of carbonyl (C=O) groups excluding carboxylic acids is 2. The zero-order chi connectivity index (χ0) is 18.2. The monoisotopic (exact) mass is 366 g/mol. The van der Waals surface area contributed by atoms with Crippen LogP contribution in [0.25, 0.3) is 0 Å². The van der Waals surface area contributed by atoms with E-state index >= 15 is 0 Å². The standard InChI is InChI=1S/C17H26N4O3S/c1-10-20-21-14(25-10)18-13(22)17(19-15(23)24-16(2,3)4)9-12(17)11-7-5-6-8-11/h11-12H,5-9H2,1-4H3,(H,19,23)(H,18,21,22). The number of nitrogens with zero attached hydrogens (tertiary/aromatic N) is 2. The van der Waals surface area contributed by atoms with Gasteiger partial charge in [0, 0.05) is 0 Å². The van der Waals surface area contributed by atoms with Crippen LogP contribution in [0.5, 0.6) is 0 Å². The van der Waals surface area contributed by atoms with Crippen molar-refractivity contribution in [2.75, 3.05) is 5.32 Å². The van der Waals surface area contributed by atoms with E-state index in [0.717, 1.165) is 17.8 Å². The summed E-state index contributed by atoms with van der Waals surface area (Å²) in [5.41, 5.74) is -1.49. The van der Waals surface area contributed by atoms with Crippen LogP contribution in [0.4, 0.5) is 9.93 Å². The van der Waals surface area contributed by atoms with Gasteiger partial charge in [0.2, 0.25) is 5.13 Å². The van der Waals surface area contributed by atoms with Crippen molar-refractivity contribution >= 4 is 28.5 Å². The van der Waals surface area contributed by atoms with Crippen molar-refractivity contribution in [2.24, 2.45) is 11.8 Å². The minimum atomic E-state index is -0.892. The molecule has 0 aromatic carbocycles. The molecule has 1 aromatic rings. The fourth-order valence-corrected chi connectivity index (χ4v) is 4.31. The maximum atomic E-state index is 12.9. The van der Waals surface area contributed by atoms with Crippen molar-refractivity contribution in [1.29, 1.82) is 0 Å². The first-order valence-corrected chi connectivity index (χ1v) is 9.64. The van der Waals surface area contributed by atoms with Gasteiger partial charge < -0.3 is 10.1 Å². The Bertz CT molecular complexity index is 663. The Morgan fingerprint density at radius 1 is 1.24 bits per heavy atom. The fraction of sp³-hybridized carbons (Fsp3) is 0.765. The molecule has 0 radical (unpaired) electrons. The van der Waals surface area contributed by atoms with Crippen molar-refractivity contribution in [3.8, 4) is 0 Å². The highest BCUT2D eigenvalue weighted by Gasteiger charge is 2.64. The van der Waals surface area contributed by atoms with Gasteiger partial charge in [-0.2, -0.15) is 0 Å². The third-order valence-corrected chi connectivity index (χ3v) is 5.61. The van der Waals surface area contributed by atoms with Gasteiger partial charge in [0.1, 0.15) is 16.1 Å². The molecule has 2 saturated carbocycles. The highest BCUT2D eigenvalue weighted by Crippen LogP contribution is 2.54. The van der Waals surface area contributed by atoms with Gasteiger partial charge in [0.25, 0.3) is 5.91 Å². The smallest absolute Gasteiger partial charge is 0.408 e. The number of alkyl carbamates (subject to hydrolysis) is 1. The van der Waals surface area contributed by atoms with Gasteiger partial charge in [-0.05, 0) is 46.0 Å². The first-order valence-electron chi connectivity index (χ1n) is 8.82. The summed E-state index contributed by atoms with van der Waals surface area (Å²) in [6.07, 6.45) is 4.74. The average Bonchev–Trinajstić information content (AvgIpc) is 2.87. The van der Waals surface area contributed by atoms with E-state index in [-0.39, 0.29) is 11.8 Å². The van der Waals surface area contributed by atoms with Gasteiger partial charge in [-0.15, -0.1) is 10.2 Å². The highest BCUT2D eigenvalue weighted by molar-refractivity contribution is 7.15. The molecule has 138 valence electrons. The van der Waals surface area contributed by atoms with Crippen LogP contribution in [0.1, 0.15) is 57.9 Å². The molecule has 2 aliphatic carbocycles. The summed E-state index contributed by atoms with van der Waals surface area (Å²) in [7, 11) is 0. The van der Waals surface area contributed by atoms with Crippen LogP contribution in [-0.4, -0.2) is 33.3 Å². The molecular weight excluding hydrogens is 340 g/mol. The molecule has 2 amide bonds. The molecule has 0 aliphatic heterocycles. The number of aryl methyl sites for hydroxylation is 1. The van der Waals surface area contributed by atoms with Crippen molar-refractivity contribution in [3.05, 3.63) is 5.01 Å². The van der Waals surface area contributed by atoms with E-state index in [1.807, 2.05) is 27.7 Å². The maximum Gasteiger partial charge on any atom is 0.408 e. The van der Waals surface area contributed by atoms with E-state index in [9.17, 15) is 9.59 Å². The van der Waals surface area contributed by atoms with Gasteiger partial charge in [0.05, 0.1) is 0 Å². The number of carbonyl (C=O) groups is 2. The minimum Gasteiger partial charge on any atom is -0.444 e. The molecule has 0 saturated heterocycles. The molecule has 2 N–H and O–H groups in total. The normalized spacial score (nSPS) is 26.3. The lowest BCUT2D eigenvalue weighted by Gasteiger charge is -2.24. The van der Waals surface area contributed by atoms with E-state index in [4.69, 9.17) is 4.74 Å². The Morgan fingerprint density at radius 2 is 1.92 bits per heavy atom. The largest absolute Gasteiger partial charge is 0.444 e. The molecule has 2 atom stereocenters. The highest BCUT2D eigenvalue weighted by atomic mass is 32.1. The van der Waals surface area contributed by atoms with Gasteiger partial charge in [-0.3, -0.25) is 10.1 Å². The summed E-state index contributed by atoms with van der Waals surface area (Å²) in [5.74, 6) is 0.430. The van der Waals surface area contributed by atoms with Crippen LogP contribution in [0.3, 0.4) is 0 Å². The van der Waals surface area contributed by atoms with Crippen molar-refractivity contribution in [1.82, 2.24) is 15.5 Å². The minimum absolute atomic E-state index is 0.163. The molecule has 3 rings (SSSR count). The van der Waals surface area contributed by atoms with Crippen molar-refractivity contribution < 1.29 is 14.3 Å². The van der Waals surface area contributed by atoms with E-state index in [1.165, 1.54) is 24.2 Å². The zero-order valence-corrected chi connectivity index (χ0v) is 16.0. The topological polar surface area (TPSA) is 93.2 Å². The van der Waals surface area contributed by atoms with Crippen molar-refractivity contribution in [2.45, 2.75) is 70.9 Å². The Balaban J connectivity index is 1.73. The van der Waals surface area contributed by atoms with Crippen LogP contribution in [0.15, 0.2) is 0 Å². The number of hydrogen-bond acceptors (Lipinski definition) is 6. The van der Waals surface area contributed by atoms with Gasteiger partial charge in [-0.1, -0.05) is 37.0 Å². The molecule has 0 spiro atoms. The molecular formula is C17H26N4O3S. The van der Waals surface area contributed by atoms with E-state index < -0.39 is 17.2 Å². The molecule has 2 unspecified atom stereocenters. The lowest BCUT2D eigenvalue weighted by molar-refractivity contribution is -0.119. The molecule has 2 aliphatic rings. The number of ether oxygens (including phenoxy) is 1. The van der Waals surface area contributed by atoms with Crippen LogP contribution < -0.4 is 10.6 Å². The van der Waals surface area contributed by atoms with Crippen LogP contribution in [-0.2, 0) is 9.53 Å². The summed E-state index contributed by atoms with van der Waals surface area (Å²) in [6, 6.07) is 0. The lowest BCUT2D eigenvalue weighted by atomic mass is 9.97. The Morgan fingerprint density at radius 3 is 2.48 bits per heavy atom. The second-order valence-electron chi connectivity index (χ2n) is 8.03. The average molecular weight is 366 g/mol. The number of hydrogen-bond donors (Lipinski definition) is 2. The maximum absolute atomic E-state index is 12.9. The zero-order valence-electron chi connectivity index (χ0n) is 15.2. The van der Waals surface area contributed by atoms with Gasteiger partial charge >= 0.3 is 6.09 Å². The first-order chi connectivity index (χ1) is 11.7. The second-order valence-corrected chi connectivity index (χ2v) is 9.22. The summed E-state index contributed by atoms with van der Waals surface area (Å²) in [4.78, 5) is 25.2. The summed E-state index contributed by atoms with van der Waals surface area (Å²) in [5, 5.41) is 14.8. The Hall–Kier alpha value is -1.70. The summed E-state index contributed by atoms with van der Waals surface area (Å²) >= 11 is 1.32. The molecule has 0 bridgehead atoms. The molecule has 25 heavy (non-hydrogen) atoms. The Kier molecular flexibility index (Phi) is 4.74. The van der Waals surface area contributed by atoms with E-state index in [1.54, 1.807) is 0 Å². The molecule has 8 heteroatoms. The van der Waals surface area contributed by atoms with Crippen LogP contribution >= 0.6 is 11.3 Å². The molecule has 1 aromatic heterocycles. The summed E-state index contributed by atoms with van der Waals surface area (Å²) < 4.78 is 5.37. The predicted molar refractivity (Wildman–Crippen MR) is 95.4 cm³/mol. The number of rotatable bonds is 4. The van der Waals surface area contributed by atoms with Gasteiger partial charge in [0.15, 0.2) is 0 Å². The molecule has 1 heterocycles.